The van der Waals surface area contributed by atoms with E-state index in [4.69, 9.17) is 9.84 Å². The van der Waals surface area contributed by atoms with E-state index in [1.54, 1.807) is 0 Å². The number of carboxylic acid groups (broad SMARTS) is 1. The van der Waals surface area contributed by atoms with Gasteiger partial charge in [0.05, 0.1) is 11.5 Å². The van der Waals surface area contributed by atoms with E-state index >= 15 is 0 Å². The first-order valence-electron chi connectivity index (χ1n) is 4.54. The van der Waals surface area contributed by atoms with Gasteiger partial charge in [-0.3, -0.25) is 10.1 Å². The first-order chi connectivity index (χ1) is 8.00. The van der Waals surface area contributed by atoms with Gasteiger partial charge in [-0.05, 0) is 6.07 Å². The van der Waals surface area contributed by atoms with Gasteiger partial charge >= 0.3 is 11.8 Å². The number of rotatable bonds is 5. The van der Waals surface area contributed by atoms with E-state index in [2.05, 4.69) is 21.2 Å². The minimum Gasteiger partial charge on any atom is -0.485 e. The van der Waals surface area contributed by atoms with Gasteiger partial charge in [0.15, 0.2) is 5.75 Å². The molecule has 1 aromatic carbocycles. The van der Waals surface area contributed by atoms with Crippen molar-refractivity contribution in [3.05, 3.63) is 32.8 Å². The number of carbonyl (C=O) groups is 1. The van der Waals surface area contributed by atoms with Crippen LogP contribution in [-0.2, 0) is 0 Å². The third kappa shape index (κ3) is 4.27. The van der Waals surface area contributed by atoms with Crippen molar-refractivity contribution in [2.45, 2.75) is 0 Å². The van der Waals surface area contributed by atoms with Crippen LogP contribution in [0.5, 0.6) is 5.75 Å². The van der Waals surface area contributed by atoms with Crippen molar-refractivity contribution in [2.75, 3.05) is 13.2 Å². The van der Waals surface area contributed by atoms with Gasteiger partial charge in [-0.15, -0.1) is 0 Å². The molecule has 0 heterocycles. The van der Waals surface area contributed by atoms with Gasteiger partial charge in [0.25, 0.3) is 0 Å². The standard InChI is InChI=1S/C9H9BrN2O5/c10-6-1-2-7(12(15)16)8(5-6)17-4-3-11-9(13)14/h1-2,5,11H,3-4H2,(H,13,14). The Kier molecular flexibility index (Phi) is 4.70. The third-order valence-electron chi connectivity index (χ3n) is 1.75. The maximum Gasteiger partial charge on any atom is 0.404 e. The lowest BCUT2D eigenvalue weighted by atomic mass is 10.3. The summed E-state index contributed by atoms with van der Waals surface area (Å²) in [6.07, 6.45) is -1.17. The highest BCUT2D eigenvalue weighted by atomic mass is 79.9. The van der Waals surface area contributed by atoms with Crippen LogP contribution in [0.15, 0.2) is 22.7 Å². The van der Waals surface area contributed by atoms with E-state index in [9.17, 15) is 14.9 Å². The van der Waals surface area contributed by atoms with Crippen LogP contribution >= 0.6 is 15.9 Å². The number of ether oxygens (including phenoxy) is 1. The molecule has 0 unspecified atom stereocenters. The predicted octanol–water partition coefficient (Wildman–Crippen LogP) is 2.00. The van der Waals surface area contributed by atoms with E-state index in [0.717, 1.165) is 0 Å². The topological polar surface area (TPSA) is 102 Å². The summed E-state index contributed by atoms with van der Waals surface area (Å²) in [4.78, 5) is 20.3. The summed E-state index contributed by atoms with van der Waals surface area (Å²) in [5.41, 5.74) is -0.163. The fourth-order valence-corrected chi connectivity index (χ4v) is 1.41. The maximum absolute atomic E-state index is 10.7. The molecular weight excluding hydrogens is 296 g/mol. The smallest absolute Gasteiger partial charge is 0.404 e. The Labute approximate surface area is 105 Å². The summed E-state index contributed by atoms with van der Waals surface area (Å²) in [6, 6.07) is 4.30. The predicted molar refractivity (Wildman–Crippen MR) is 62.3 cm³/mol. The first-order valence-corrected chi connectivity index (χ1v) is 5.33. The van der Waals surface area contributed by atoms with Gasteiger partial charge < -0.3 is 15.2 Å². The van der Waals surface area contributed by atoms with E-state index in [0.29, 0.717) is 4.47 Å². The second-order valence-electron chi connectivity index (χ2n) is 2.95. The zero-order valence-corrected chi connectivity index (χ0v) is 10.1. The SMILES string of the molecule is O=C(O)NCCOc1cc(Br)ccc1[N+](=O)[O-]. The van der Waals surface area contributed by atoms with Crippen molar-refractivity contribution in [3.8, 4) is 5.75 Å². The molecule has 0 aromatic heterocycles. The summed E-state index contributed by atoms with van der Waals surface area (Å²) in [6.45, 7) is 0.0720. The van der Waals surface area contributed by atoms with E-state index in [-0.39, 0.29) is 24.6 Å². The van der Waals surface area contributed by atoms with Gasteiger partial charge in [-0.1, -0.05) is 15.9 Å². The van der Waals surface area contributed by atoms with Crippen LogP contribution in [0.2, 0.25) is 0 Å². The monoisotopic (exact) mass is 304 g/mol. The molecule has 1 aromatic rings. The fraction of sp³-hybridized carbons (Fsp3) is 0.222. The lowest BCUT2D eigenvalue weighted by molar-refractivity contribution is -0.385. The second kappa shape index (κ2) is 6.04. The lowest BCUT2D eigenvalue weighted by Gasteiger charge is -2.06. The molecule has 7 nitrogen and oxygen atoms in total. The highest BCUT2D eigenvalue weighted by Gasteiger charge is 2.14. The van der Waals surface area contributed by atoms with Crippen LogP contribution < -0.4 is 10.1 Å². The van der Waals surface area contributed by atoms with Crippen LogP contribution in [0.4, 0.5) is 10.5 Å². The van der Waals surface area contributed by atoms with Crippen molar-refractivity contribution in [1.82, 2.24) is 5.32 Å². The van der Waals surface area contributed by atoms with E-state index in [1.165, 1.54) is 18.2 Å². The normalized spacial score (nSPS) is 9.71. The summed E-state index contributed by atoms with van der Waals surface area (Å²) in [5, 5.41) is 21.1. The fourth-order valence-electron chi connectivity index (χ4n) is 1.07. The molecule has 8 heteroatoms. The van der Waals surface area contributed by atoms with Gasteiger partial charge in [0.1, 0.15) is 6.61 Å². The number of nitrogens with zero attached hydrogens (tertiary/aromatic N) is 1. The quantitative estimate of drug-likeness (QED) is 0.492. The van der Waals surface area contributed by atoms with Crippen molar-refractivity contribution >= 4 is 27.7 Å². The summed E-state index contributed by atoms with van der Waals surface area (Å²) in [7, 11) is 0. The molecule has 0 aliphatic heterocycles. The summed E-state index contributed by atoms with van der Waals surface area (Å²) < 4.78 is 5.78. The van der Waals surface area contributed by atoms with Gasteiger partial charge in [-0.2, -0.15) is 0 Å². The molecule has 0 saturated heterocycles. The van der Waals surface area contributed by atoms with Crippen LogP contribution in [0.1, 0.15) is 0 Å². The Morgan fingerprint density at radius 1 is 1.59 bits per heavy atom. The zero-order valence-electron chi connectivity index (χ0n) is 8.55. The number of hydrogen-bond donors (Lipinski definition) is 2. The average molecular weight is 305 g/mol. The summed E-state index contributed by atoms with van der Waals surface area (Å²) in [5.74, 6) is 0.0940. The number of nitrogens with one attached hydrogen (secondary N) is 1. The van der Waals surface area contributed by atoms with Crippen LogP contribution in [0.3, 0.4) is 0 Å². The molecule has 1 rings (SSSR count). The van der Waals surface area contributed by atoms with Crippen LogP contribution in [0, 0.1) is 10.1 Å². The molecule has 2 N–H and O–H groups in total. The summed E-state index contributed by atoms with van der Waals surface area (Å²) >= 11 is 3.17. The lowest BCUT2D eigenvalue weighted by Crippen LogP contribution is -2.26. The molecule has 0 aliphatic carbocycles. The van der Waals surface area contributed by atoms with Crippen molar-refractivity contribution in [3.63, 3.8) is 0 Å². The molecule has 0 bridgehead atoms. The highest BCUT2D eigenvalue weighted by Crippen LogP contribution is 2.29. The molecule has 1 amide bonds. The molecule has 0 spiro atoms. The third-order valence-corrected chi connectivity index (χ3v) is 2.25. The Balaban J connectivity index is 2.65. The number of nitro groups is 1. The molecule has 0 atom stereocenters. The molecule has 0 saturated carbocycles. The van der Waals surface area contributed by atoms with Crippen LogP contribution in [-0.4, -0.2) is 29.3 Å². The number of amides is 1. The Morgan fingerprint density at radius 2 is 2.29 bits per heavy atom. The van der Waals surface area contributed by atoms with Crippen molar-refractivity contribution in [1.29, 1.82) is 0 Å². The Hall–Kier alpha value is -1.83. The maximum atomic E-state index is 10.7. The Bertz CT molecular complexity index is 437. The van der Waals surface area contributed by atoms with Gasteiger partial charge in [0, 0.05) is 16.6 Å². The largest absolute Gasteiger partial charge is 0.485 e. The van der Waals surface area contributed by atoms with Crippen molar-refractivity contribution in [2.24, 2.45) is 0 Å². The number of nitro benzene ring substituents is 1. The zero-order chi connectivity index (χ0) is 12.8. The molecule has 17 heavy (non-hydrogen) atoms. The number of hydrogen-bond acceptors (Lipinski definition) is 4. The molecule has 0 aliphatic rings. The molecule has 92 valence electrons. The minimum absolute atomic E-state index is 0.0175. The average Bonchev–Trinajstić information content (AvgIpc) is 2.23. The first kappa shape index (κ1) is 13.2. The van der Waals surface area contributed by atoms with E-state index in [1.807, 2.05) is 0 Å². The van der Waals surface area contributed by atoms with Crippen LogP contribution in [0.25, 0.3) is 0 Å². The van der Waals surface area contributed by atoms with Gasteiger partial charge in [0.2, 0.25) is 0 Å². The van der Waals surface area contributed by atoms with E-state index < -0.39 is 11.0 Å². The number of benzene rings is 1. The molecule has 0 radical (unpaired) electrons. The highest BCUT2D eigenvalue weighted by molar-refractivity contribution is 9.10. The Morgan fingerprint density at radius 3 is 2.88 bits per heavy atom. The molecule has 0 fully saturated rings. The molecular formula is C9H9BrN2O5. The van der Waals surface area contributed by atoms with Crippen molar-refractivity contribution < 1.29 is 19.6 Å². The van der Waals surface area contributed by atoms with Gasteiger partial charge in [-0.25, -0.2) is 4.79 Å². The number of halogens is 1. The minimum atomic E-state index is -1.17. The second-order valence-corrected chi connectivity index (χ2v) is 3.87.